The molecule has 4 rings (SSSR count). The summed E-state index contributed by atoms with van der Waals surface area (Å²) < 4.78 is 6.80. The minimum absolute atomic E-state index is 0.105. The molecule has 1 fully saturated rings. The lowest BCUT2D eigenvalue weighted by molar-refractivity contribution is -0.122. The Labute approximate surface area is 167 Å². The van der Waals surface area contributed by atoms with Gasteiger partial charge in [-0.15, -0.1) is 5.10 Å². The summed E-state index contributed by atoms with van der Waals surface area (Å²) in [4.78, 5) is 35.0. The lowest BCUT2D eigenvalue weighted by atomic mass is 10.1. The highest BCUT2D eigenvalue weighted by Gasteiger charge is 2.35. The Kier molecular flexibility index (Phi) is 5.19. The van der Waals surface area contributed by atoms with Gasteiger partial charge in [-0.2, -0.15) is 0 Å². The third-order valence-corrected chi connectivity index (χ3v) is 4.68. The number of aromatic nitrogens is 4. The molecule has 3 aromatic rings. The van der Waals surface area contributed by atoms with Crippen LogP contribution in [0.1, 0.15) is 12.1 Å². The van der Waals surface area contributed by atoms with E-state index in [0.29, 0.717) is 24.5 Å². The van der Waals surface area contributed by atoms with Gasteiger partial charge in [0.15, 0.2) is 0 Å². The van der Waals surface area contributed by atoms with E-state index in [0.717, 1.165) is 5.69 Å². The topological polar surface area (TPSA) is 102 Å². The minimum Gasteiger partial charge on any atom is -0.497 e. The number of ether oxygens (including phenoxy) is 1. The summed E-state index contributed by atoms with van der Waals surface area (Å²) in [7, 11) is 1.57. The van der Waals surface area contributed by atoms with E-state index in [1.165, 1.54) is 6.33 Å². The lowest BCUT2D eigenvalue weighted by Gasteiger charge is -2.17. The average molecular weight is 392 g/mol. The van der Waals surface area contributed by atoms with Gasteiger partial charge < -0.3 is 9.64 Å². The van der Waals surface area contributed by atoms with Crippen LogP contribution in [-0.4, -0.2) is 45.2 Å². The molecule has 1 aliphatic rings. The van der Waals surface area contributed by atoms with E-state index >= 15 is 0 Å². The SMILES string of the molecule is COc1cccc(N2CC(C(=O)Nc3ncn(Cc4ccccn4)n3)CC2=O)c1. The van der Waals surface area contributed by atoms with Gasteiger partial charge in [-0.3, -0.25) is 19.9 Å². The zero-order chi connectivity index (χ0) is 20.2. The van der Waals surface area contributed by atoms with Gasteiger partial charge in [0.05, 0.1) is 25.3 Å². The largest absolute Gasteiger partial charge is 0.497 e. The van der Waals surface area contributed by atoms with Crippen molar-refractivity contribution in [2.24, 2.45) is 5.92 Å². The Morgan fingerprint density at radius 3 is 2.93 bits per heavy atom. The average Bonchev–Trinajstić information content (AvgIpc) is 3.35. The van der Waals surface area contributed by atoms with Crippen LogP contribution in [0.15, 0.2) is 55.0 Å². The summed E-state index contributed by atoms with van der Waals surface area (Å²) in [5.41, 5.74) is 1.55. The van der Waals surface area contributed by atoms with Crippen LogP contribution in [0.3, 0.4) is 0 Å². The molecule has 1 aliphatic heterocycles. The van der Waals surface area contributed by atoms with Crippen LogP contribution in [0.2, 0.25) is 0 Å². The highest BCUT2D eigenvalue weighted by molar-refractivity contribution is 6.03. The summed E-state index contributed by atoms with van der Waals surface area (Å²) in [5.74, 6) is 0.00637. The molecule has 148 valence electrons. The predicted octanol–water partition coefficient (Wildman–Crippen LogP) is 1.72. The van der Waals surface area contributed by atoms with Crippen LogP contribution in [0, 0.1) is 5.92 Å². The van der Waals surface area contributed by atoms with Gasteiger partial charge in [0, 0.05) is 30.9 Å². The first kappa shape index (κ1) is 18.6. The molecule has 29 heavy (non-hydrogen) atoms. The molecule has 1 saturated heterocycles. The quantitative estimate of drug-likeness (QED) is 0.685. The highest BCUT2D eigenvalue weighted by atomic mass is 16.5. The van der Waals surface area contributed by atoms with Crippen LogP contribution < -0.4 is 15.0 Å². The van der Waals surface area contributed by atoms with E-state index in [4.69, 9.17) is 4.74 Å². The maximum absolute atomic E-state index is 12.6. The summed E-state index contributed by atoms with van der Waals surface area (Å²) in [5, 5.41) is 6.95. The van der Waals surface area contributed by atoms with Crippen LogP contribution >= 0.6 is 0 Å². The fraction of sp³-hybridized carbons (Fsp3) is 0.250. The molecule has 0 radical (unpaired) electrons. The molecule has 3 heterocycles. The molecular formula is C20H20N6O3. The fourth-order valence-corrected chi connectivity index (χ4v) is 3.21. The second-order valence-corrected chi connectivity index (χ2v) is 6.68. The lowest BCUT2D eigenvalue weighted by Crippen LogP contribution is -2.28. The number of nitrogens with one attached hydrogen (secondary N) is 1. The van der Waals surface area contributed by atoms with Crippen molar-refractivity contribution in [3.8, 4) is 5.75 Å². The highest BCUT2D eigenvalue weighted by Crippen LogP contribution is 2.28. The van der Waals surface area contributed by atoms with E-state index < -0.39 is 5.92 Å². The molecule has 9 nitrogen and oxygen atoms in total. The van der Waals surface area contributed by atoms with Gasteiger partial charge >= 0.3 is 0 Å². The molecule has 0 spiro atoms. The second-order valence-electron chi connectivity index (χ2n) is 6.68. The molecule has 9 heteroatoms. The van der Waals surface area contributed by atoms with Gasteiger partial charge in [0.2, 0.25) is 17.8 Å². The molecule has 0 aliphatic carbocycles. The molecule has 2 amide bonds. The molecule has 0 saturated carbocycles. The Balaban J connectivity index is 1.38. The van der Waals surface area contributed by atoms with Crippen LogP contribution in [0.4, 0.5) is 11.6 Å². The van der Waals surface area contributed by atoms with E-state index in [9.17, 15) is 9.59 Å². The normalized spacial score (nSPS) is 16.1. The molecule has 2 aromatic heterocycles. The zero-order valence-corrected chi connectivity index (χ0v) is 15.9. The smallest absolute Gasteiger partial charge is 0.248 e. The van der Waals surface area contributed by atoms with Gasteiger partial charge in [-0.1, -0.05) is 12.1 Å². The number of pyridine rings is 1. The Bertz CT molecular complexity index is 1020. The first-order chi connectivity index (χ1) is 14.1. The third-order valence-electron chi connectivity index (χ3n) is 4.68. The summed E-state index contributed by atoms with van der Waals surface area (Å²) in [6.45, 7) is 0.752. The van der Waals surface area contributed by atoms with E-state index in [-0.39, 0.29) is 24.2 Å². The Morgan fingerprint density at radius 2 is 2.14 bits per heavy atom. The standard InChI is InChI=1S/C20H20N6O3/c1-29-17-7-4-6-16(10-17)26-11-14(9-18(26)27)19(28)23-20-22-13-25(24-20)12-15-5-2-3-8-21-15/h2-8,10,13-14H,9,11-12H2,1H3,(H,23,24,28). The maximum atomic E-state index is 12.6. The van der Waals surface area contributed by atoms with Crippen LogP contribution in [0.5, 0.6) is 5.75 Å². The number of nitrogens with zero attached hydrogens (tertiary/aromatic N) is 5. The van der Waals surface area contributed by atoms with E-state index in [1.54, 1.807) is 35.0 Å². The molecule has 1 unspecified atom stereocenters. The van der Waals surface area contributed by atoms with E-state index in [2.05, 4.69) is 20.4 Å². The number of anilines is 2. The van der Waals surface area contributed by atoms with Gasteiger partial charge in [0.25, 0.3) is 0 Å². The van der Waals surface area contributed by atoms with Crippen molar-refractivity contribution in [1.82, 2.24) is 19.7 Å². The van der Waals surface area contributed by atoms with Crippen molar-refractivity contribution < 1.29 is 14.3 Å². The van der Waals surface area contributed by atoms with E-state index in [1.807, 2.05) is 30.3 Å². The Morgan fingerprint density at radius 1 is 1.24 bits per heavy atom. The van der Waals surface area contributed by atoms with Gasteiger partial charge in [0.1, 0.15) is 12.1 Å². The monoisotopic (exact) mass is 392 g/mol. The summed E-state index contributed by atoms with van der Waals surface area (Å²) in [6.07, 6.45) is 3.38. The van der Waals surface area contributed by atoms with Gasteiger partial charge in [-0.05, 0) is 24.3 Å². The number of benzene rings is 1. The van der Waals surface area contributed by atoms with Crippen molar-refractivity contribution in [3.05, 3.63) is 60.7 Å². The first-order valence-electron chi connectivity index (χ1n) is 9.17. The molecule has 0 bridgehead atoms. The number of carbonyl (C=O) groups is 2. The number of hydrogen-bond acceptors (Lipinski definition) is 6. The molecule has 1 N–H and O–H groups in total. The van der Waals surface area contributed by atoms with Gasteiger partial charge in [-0.25, -0.2) is 9.67 Å². The number of hydrogen-bond donors (Lipinski definition) is 1. The van der Waals surface area contributed by atoms with Crippen molar-refractivity contribution in [2.45, 2.75) is 13.0 Å². The third kappa shape index (κ3) is 4.23. The predicted molar refractivity (Wildman–Crippen MR) is 105 cm³/mol. The van der Waals surface area contributed by atoms with Crippen molar-refractivity contribution >= 4 is 23.5 Å². The van der Waals surface area contributed by atoms with Crippen LogP contribution in [0.25, 0.3) is 0 Å². The first-order valence-corrected chi connectivity index (χ1v) is 9.17. The second kappa shape index (κ2) is 8.09. The molecule has 1 atom stereocenters. The maximum Gasteiger partial charge on any atom is 0.248 e. The zero-order valence-electron chi connectivity index (χ0n) is 15.9. The van der Waals surface area contributed by atoms with Crippen LogP contribution in [-0.2, 0) is 16.1 Å². The number of methoxy groups -OCH3 is 1. The number of rotatable bonds is 6. The molecule has 1 aromatic carbocycles. The van der Waals surface area contributed by atoms with Crippen molar-refractivity contribution in [3.63, 3.8) is 0 Å². The Hall–Kier alpha value is -3.75. The minimum atomic E-state index is -0.476. The summed E-state index contributed by atoms with van der Waals surface area (Å²) in [6, 6.07) is 12.8. The number of carbonyl (C=O) groups excluding carboxylic acids is 2. The summed E-state index contributed by atoms with van der Waals surface area (Å²) >= 11 is 0. The van der Waals surface area contributed by atoms with Crippen molar-refractivity contribution in [1.29, 1.82) is 0 Å². The number of amides is 2. The molecular weight excluding hydrogens is 372 g/mol. The van der Waals surface area contributed by atoms with Crippen molar-refractivity contribution in [2.75, 3.05) is 23.9 Å². The fourth-order valence-electron chi connectivity index (χ4n) is 3.21.